The van der Waals surface area contributed by atoms with Crippen molar-refractivity contribution in [1.82, 2.24) is 9.97 Å². The normalized spacial score (nSPS) is 16.7. The molecule has 1 amide bonds. The fourth-order valence-corrected chi connectivity index (χ4v) is 4.67. The highest BCUT2D eigenvalue weighted by molar-refractivity contribution is 6.51. The largest absolute Gasteiger partial charge is 0.507 e. The van der Waals surface area contributed by atoms with E-state index in [1.165, 1.54) is 11.0 Å². The molecule has 1 aliphatic heterocycles. The number of nitrogens with one attached hydrogen (secondary N) is 1. The number of fused-ring (bicyclic) bond motifs is 1. The van der Waals surface area contributed by atoms with Gasteiger partial charge in [0.2, 0.25) is 5.95 Å². The number of aromatic hydroxyl groups is 1. The zero-order chi connectivity index (χ0) is 27.7. The van der Waals surface area contributed by atoms with Crippen LogP contribution in [0.3, 0.4) is 0 Å². The Hall–Kier alpha value is -4.79. The van der Waals surface area contributed by atoms with Crippen molar-refractivity contribution in [2.45, 2.75) is 33.2 Å². The van der Waals surface area contributed by atoms with Gasteiger partial charge in [0.05, 0.1) is 35.9 Å². The number of aryl methyl sites for hydroxylation is 1. The molecule has 1 aliphatic rings. The summed E-state index contributed by atoms with van der Waals surface area (Å²) in [6.45, 7) is 6.50. The number of Topliss-reactive ketones (excluding diaryl/α,β-unsaturated/α-hetero) is 1. The SMILES string of the molecule is CCCOc1cccc(/C(O)=C2\C(=O)C(=O)N(c3nc4ccc(C)cc4[nH]3)C2c2ccc(O)c(OCC)c2)c1. The summed E-state index contributed by atoms with van der Waals surface area (Å²) in [4.78, 5) is 36.0. The van der Waals surface area contributed by atoms with Gasteiger partial charge in [0.25, 0.3) is 5.78 Å². The standard InChI is InChI=1S/C30H29N3O6/c1-4-13-39-20-8-6-7-19(15-20)27(35)25-26(18-10-12-23(34)24(16-18)38-5-2)33(29(37)28(25)36)30-31-21-11-9-17(3)14-22(21)32-30/h6-12,14-16,26,34-35H,4-5,13H2,1-3H3,(H,31,32)/b27-25+. The van der Waals surface area contributed by atoms with E-state index in [-0.39, 0.29) is 28.8 Å². The number of ether oxygens (including phenoxy) is 2. The summed E-state index contributed by atoms with van der Waals surface area (Å²) in [6, 6.07) is 15.9. The van der Waals surface area contributed by atoms with Crippen LogP contribution >= 0.6 is 0 Å². The summed E-state index contributed by atoms with van der Waals surface area (Å²) < 4.78 is 11.3. The number of phenols is 1. The lowest BCUT2D eigenvalue weighted by atomic mass is 9.95. The minimum absolute atomic E-state index is 0.0856. The average molecular weight is 528 g/mol. The summed E-state index contributed by atoms with van der Waals surface area (Å²) in [6.07, 6.45) is 0.807. The van der Waals surface area contributed by atoms with Crippen LogP contribution in [0.4, 0.5) is 5.95 Å². The number of aromatic amines is 1. The Kier molecular flexibility index (Phi) is 6.98. The molecule has 1 saturated heterocycles. The first-order chi connectivity index (χ1) is 18.8. The number of aliphatic hydroxyl groups is 1. The monoisotopic (exact) mass is 527 g/mol. The van der Waals surface area contributed by atoms with E-state index in [1.54, 1.807) is 43.3 Å². The number of carbonyl (C=O) groups excluding carboxylic acids is 2. The van der Waals surface area contributed by atoms with Gasteiger partial charge in [0.1, 0.15) is 11.5 Å². The Morgan fingerprint density at radius 1 is 1.05 bits per heavy atom. The Morgan fingerprint density at radius 2 is 1.87 bits per heavy atom. The maximum Gasteiger partial charge on any atom is 0.302 e. The predicted molar refractivity (Wildman–Crippen MR) is 147 cm³/mol. The quantitative estimate of drug-likeness (QED) is 0.159. The zero-order valence-corrected chi connectivity index (χ0v) is 21.9. The Balaban J connectivity index is 1.70. The topological polar surface area (TPSA) is 125 Å². The number of hydrogen-bond acceptors (Lipinski definition) is 7. The summed E-state index contributed by atoms with van der Waals surface area (Å²) >= 11 is 0. The van der Waals surface area contributed by atoms with Gasteiger partial charge < -0.3 is 24.7 Å². The number of amides is 1. The molecule has 1 aromatic heterocycles. The molecule has 9 heteroatoms. The summed E-state index contributed by atoms with van der Waals surface area (Å²) in [7, 11) is 0. The number of aromatic nitrogens is 2. The van der Waals surface area contributed by atoms with Crippen LogP contribution in [0.2, 0.25) is 0 Å². The first-order valence-electron chi connectivity index (χ1n) is 12.8. The molecule has 0 aliphatic carbocycles. The average Bonchev–Trinajstić information content (AvgIpc) is 3.46. The minimum atomic E-state index is -1.05. The number of benzene rings is 3. The van der Waals surface area contributed by atoms with E-state index in [0.717, 1.165) is 12.0 Å². The molecule has 3 N–H and O–H groups in total. The van der Waals surface area contributed by atoms with Crippen molar-refractivity contribution in [2.75, 3.05) is 18.1 Å². The molecule has 9 nitrogen and oxygen atoms in total. The predicted octanol–water partition coefficient (Wildman–Crippen LogP) is 5.39. The summed E-state index contributed by atoms with van der Waals surface area (Å²) in [5.74, 6) is -1.26. The number of aliphatic hydroxyl groups excluding tert-OH is 1. The second-order valence-electron chi connectivity index (χ2n) is 9.29. The van der Waals surface area contributed by atoms with Crippen molar-refractivity contribution in [1.29, 1.82) is 0 Å². The molecule has 0 saturated carbocycles. The van der Waals surface area contributed by atoms with E-state index in [9.17, 15) is 19.8 Å². The first kappa shape index (κ1) is 25.8. The molecule has 1 fully saturated rings. The fraction of sp³-hybridized carbons (Fsp3) is 0.233. The zero-order valence-electron chi connectivity index (χ0n) is 21.9. The van der Waals surface area contributed by atoms with E-state index in [2.05, 4.69) is 9.97 Å². The highest BCUT2D eigenvalue weighted by Crippen LogP contribution is 2.44. The van der Waals surface area contributed by atoms with E-state index >= 15 is 0 Å². The molecule has 5 rings (SSSR count). The van der Waals surface area contributed by atoms with Gasteiger partial charge in [-0.05, 0) is 67.8 Å². The van der Waals surface area contributed by atoms with Gasteiger partial charge in [-0.3, -0.25) is 14.5 Å². The van der Waals surface area contributed by atoms with Gasteiger partial charge in [0, 0.05) is 5.56 Å². The molecule has 4 aromatic rings. The number of rotatable bonds is 8. The van der Waals surface area contributed by atoms with Gasteiger partial charge in [-0.1, -0.05) is 31.2 Å². The smallest absolute Gasteiger partial charge is 0.302 e. The van der Waals surface area contributed by atoms with Gasteiger partial charge in [0.15, 0.2) is 11.5 Å². The van der Waals surface area contributed by atoms with Crippen LogP contribution < -0.4 is 14.4 Å². The number of imidazole rings is 1. The third kappa shape index (κ3) is 4.79. The van der Waals surface area contributed by atoms with Crippen molar-refractivity contribution >= 4 is 34.4 Å². The van der Waals surface area contributed by atoms with Crippen molar-refractivity contribution < 1.29 is 29.3 Å². The molecular formula is C30H29N3O6. The van der Waals surface area contributed by atoms with E-state index in [0.29, 0.717) is 41.1 Å². The number of nitrogens with zero attached hydrogens (tertiary/aromatic N) is 2. The van der Waals surface area contributed by atoms with Crippen LogP contribution in [0.25, 0.3) is 16.8 Å². The summed E-state index contributed by atoms with van der Waals surface area (Å²) in [5.41, 5.74) is 2.99. The Labute approximate surface area is 225 Å². The second-order valence-corrected chi connectivity index (χ2v) is 9.29. The molecule has 1 unspecified atom stereocenters. The highest BCUT2D eigenvalue weighted by Gasteiger charge is 2.48. The van der Waals surface area contributed by atoms with Crippen LogP contribution in [0.5, 0.6) is 17.2 Å². The lowest BCUT2D eigenvalue weighted by Crippen LogP contribution is -2.30. The van der Waals surface area contributed by atoms with Crippen molar-refractivity contribution in [2.24, 2.45) is 0 Å². The molecule has 1 atom stereocenters. The molecule has 39 heavy (non-hydrogen) atoms. The number of H-pyrrole nitrogens is 1. The third-order valence-corrected chi connectivity index (χ3v) is 6.48. The number of hydrogen-bond donors (Lipinski definition) is 3. The van der Waals surface area contributed by atoms with Crippen LogP contribution in [0.1, 0.15) is 43.0 Å². The third-order valence-electron chi connectivity index (χ3n) is 6.48. The van der Waals surface area contributed by atoms with Crippen LogP contribution in [0, 0.1) is 6.92 Å². The van der Waals surface area contributed by atoms with Crippen molar-refractivity contribution in [3.8, 4) is 17.2 Å². The van der Waals surface area contributed by atoms with Gasteiger partial charge in [-0.15, -0.1) is 0 Å². The van der Waals surface area contributed by atoms with Crippen LogP contribution in [-0.2, 0) is 9.59 Å². The Bertz CT molecular complexity index is 1610. The second kappa shape index (κ2) is 10.5. The molecule has 2 heterocycles. The number of ketones is 1. The lowest BCUT2D eigenvalue weighted by molar-refractivity contribution is -0.132. The molecule has 0 bridgehead atoms. The maximum atomic E-state index is 13.5. The van der Waals surface area contributed by atoms with E-state index in [1.807, 2.05) is 32.0 Å². The molecular weight excluding hydrogens is 498 g/mol. The number of phenolic OH excluding ortho intramolecular Hbond substituents is 1. The lowest BCUT2D eigenvalue weighted by Gasteiger charge is -2.23. The van der Waals surface area contributed by atoms with E-state index in [4.69, 9.17) is 9.47 Å². The maximum absolute atomic E-state index is 13.5. The van der Waals surface area contributed by atoms with Gasteiger partial charge in [-0.25, -0.2) is 4.98 Å². The van der Waals surface area contributed by atoms with Gasteiger partial charge in [-0.2, -0.15) is 0 Å². The van der Waals surface area contributed by atoms with Crippen molar-refractivity contribution in [3.63, 3.8) is 0 Å². The number of anilines is 1. The van der Waals surface area contributed by atoms with Crippen LogP contribution in [0.15, 0.2) is 66.2 Å². The fourth-order valence-electron chi connectivity index (χ4n) is 4.67. The molecule has 0 radical (unpaired) electrons. The van der Waals surface area contributed by atoms with Crippen LogP contribution in [-0.4, -0.2) is 45.1 Å². The molecule has 200 valence electrons. The molecule has 0 spiro atoms. The Morgan fingerprint density at radius 3 is 2.64 bits per heavy atom. The first-order valence-corrected chi connectivity index (χ1v) is 12.8. The van der Waals surface area contributed by atoms with Crippen molar-refractivity contribution in [3.05, 3.63) is 82.9 Å². The summed E-state index contributed by atoms with van der Waals surface area (Å²) in [5, 5.41) is 21.8. The highest BCUT2D eigenvalue weighted by atomic mass is 16.5. The number of carbonyl (C=O) groups is 2. The van der Waals surface area contributed by atoms with E-state index < -0.39 is 17.7 Å². The molecule has 3 aromatic carbocycles. The van der Waals surface area contributed by atoms with Gasteiger partial charge >= 0.3 is 5.91 Å². The minimum Gasteiger partial charge on any atom is -0.507 e.